The molecule has 1 unspecified atom stereocenters. The van der Waals surface area contributed by atoms with Crippen LogP contribution in [0.1, 0.15) is 50.7 Å². The van der Waals surface area contributed by atoms with E-state index in [2.05, 4.69) is 32.9 Å². The van der Waals surface area contributed by atoms with Gasteiger partial charge in [-0.1, -0.05) is 23.8 Å². The van der Waals surface area contributed by atoms with Crippen LogP contribution in [0.3, 0.4) is 0 Å². The number of ketones is 1. The standard InChI is InChI=1S/C19H20O2/c1-11-5-6-18-16(7-11)17(20)10-19(21-18)15-9-13(3)12(2)8-14(15)4/h5-9,19H,10H2,1-4H3. The molecule has 2 aromatic rings. The van der Waals surface area contributed by atoms with Crippen molar-refractivity contribution in [1.29, 1.82) is 0 Å². The maximum atomic E-state index is 12.4. The summed E-state index contributed by atoms with van der Waals surface area (Å²) in [6, 6.07) is 10.1. The summed E-state index contributed by atoms with van der Waals surface area (Å²) >= 11 is 0. The molecule has 21 heavy (non-hydrogen) atoms. The summed E-state index contributed by atoms with van der Waals surface area (Å²) < 4.78 is 6.10. The number of benzene rings is 2. The van der Waals surface area contributed by atoms with E-state index in [1.807, 2.05) is 25.1 Å². The molecule has 2 nitrogen and oxygen atoms in total. The molecule has 0 fully saturated rings. The molecule has 0 bridgehead atoms. The minimum Gasteiger partial charge on any atom is -0.484 e. The van der Waals surface area contributed by atoms with E-state index in [1.54, 1.807) is 0 Å². The molecule has 0 N–H and O–H groups in total. The topological polar surface area (TPSA) is 26.3 Å². The van der Waals surface area contributed by atoms with Crippen molar-refractivity contribution < 1.29 is 9.53 Å². The van der Waals surface area contributed by atoms with Crippen molar-refractivity contribution in [2.45, 2.75) is 40.2 Å². The van der Waals surface area contributed by atoms with E-state index in [1.165, 1.54) is 16.7 Å². The average molecular weight is 280 g/mol. The van der Waals surface area contributed by atoms with Gasteiger partial charge >= 0.3 is 0 Å². The van der Waals surface area contributed by atoms with E-state index < -0.39 is 0 Å². The zero-order valence-electron chi connectivity index (χ0n) is 13.0. The molecule has 0 saturated carbocycles. The van der Waals surface area contributed by atoms with Gasteiger partial charge in [0.05, 0.1) is 12.0 Å². The summed E-state index contributed by atoms with van der Waals surface area (Å²) in [7, 11) is 0. The minimum atomic E-state index is -0.174. The van der Waals surface area contributed by atoms with Crippen LogP contribution in [0.4, 0.5) is 0 Å². The van der Waals surface area contributed by atoms with Crippen molar-refractivity contribution in [1.82, 2.24) is 0 Å². The van der Waals surface area contributed by atoms with Crippen LogP contribution in [-0.4, -0.2) is 5.78 Å². The van der Waals surface area contributed by atoms with Crippen LogP contribution in [-0.2, 0) is 0 Å². The number of aryl methyl sites for hydroxylation is 4. The monoisotopic (exact) mass is 280 g/mol. The highest BCUT2D eigenvalue weighted by atomic mass is 16.5. The lowest BCUT2D eigenvalue weighted by molar-refractivity contribution is 0.0849. The number of Topliss-reactive ketones (excluding diaryl/α,β-unsaturated/α-hetero) is 1. The van der Waals surface area contributed by atoms with Crippen LogP contribution in [0, 0.1) is 27.7 Å². The van der Waals surface area contributed by atoms with Crippen LogP contribution >= 0.6 is 0 Å². The van der Waals surface area contributed by atoms with E-state index in [-0.39, 0.29) is 11.9 Å². The third kappa shape index (κ3) is 2.46. The van der Waals surface area contributed by atoms with Gasteiger partial charge in [0.15, 0.2) is 5.78 Å². The Morgan fingerprint density at radius 1 is 0.952 bits per heavy atom. The lowest BCUT2D eigenvalue weighted by atomic mass is 9.91. The van der Waals surface area contributed by atoms with Gasteiger partial charge in [-0.05, 0) is 62.1 Å². The third-order valence-electron chi connectivity index (χ3n) is 4.30. The van der Waals surface area contributed by atoms with Crippen LogP contribution < -0.4 is 4.74 Å². The lowest BCUT2D eigenvalue weighted by Crippen LogP contribution is -2.21. The van der Waals surface area contributed by atoms with E-state index in [0.717, 1.165) is 11.1 Å². The van der Waals surface area contributed by atoms with Gasteiger partial charge in [-0.3, -0.25) is 4.79 Å². The second kappa shape index (κ2) is 5.03. The molecule has 0 radical (unpaired) electrons. The van der Waals surface area contributed by atoms with Gasteiger partial charge in [0.25, 0.3) is 0 Å². The van der Waals surface area contributed by atoms with Gasteiger partial charge < -0.3 is 4.74 Å². The van der Waals surface area contributed by atoms with Crippen molar-refractivity contribution in [2.75, 3.05) is 0 Å². The van der Waals surface area contributed by atoms with Crippen LogP contribution in [0.2, 0.25) is 0 Å². The largest absolute Gasteiger partial charge is 0.484 e. The summed E-state index contributed by atoms with van der Waals surface area (Å²) in [6.45, 7) is 8.28. The Hall–Kier alpha value is -2.09. The number of rotatable bonds is 1. The first-order chi connectivity index (χ1) is 9.95. The highest BCUT2D eigenvalue weighted by Crippen LogP contribution is 2.37. The Labute approximate surface area is 125 Å². The molecular formula is C19H20O2. The average Bonchev–Trinajstić information content (AvgIpc) is 2.43. The van der Waals surface area contributed by atoms with Crippen molar-refractivity contribution >= 4 is 5.78 Å². The van der Waals surface area contributed by atoms with Gasteiger partial charge in [0.1, 0.15) is 11.9 Å². The summed E-state index contributed by atoms with van der Waals surface area (Å²) in [5, 5.41) is 0. The maximum Gasteiger partial charge on any atom is 0.170 e. The van der Waals surface area contributed by atoms with Crippen molar-refractivity contribution in [3.63, 3.8) is 0 Å². The van der Waals surface area contributed by atoms with E-state index in [9.17, 15) is 4.79 Å². The van der Waals surface area contributed by atoms with Crippen LogP contribution in [0.15, 0.2) is 30.3 Å². The predicted molar refractivity (Wildman–Crippen MR) is 84.1 cm³/mol. The maximum absolute atomic E-state index is 12.4. The quantitative estimate of drug-likeness (QED) is 0.761. The van der Waals surface area contributed by atoms with Crippen molar-refractivity contribution in [2.24, 2.45) is 0 Å². The smallest absolute Gasteiger partial charge is 0.170 e. The zero-order valence-corrected chi connectivity index (χ0v) is 13.0. The van der Waals surface area contributed by atoms with E-state index in [0.29, 0.717) is 17.7 Å². The van der Waals surface area contributed by atoms with Crippen LogP contribution in [0.5, 0.6) is 5.75 Å². The number of hydrogen-bond donors (Lipinski definition) is 0. The number of ether oxygens (including phenoxy) is 1. The Kier molecular flexibility index (Phi) is 3.32. The summed E-state index contributed by atoms with van der Waals surface area (Å²) in [4.78, 5) is 12.4. The Morgan fingerprint density at radius 2 is 1.67 bits per heavy atom. The third-order valence-corrected chi connectivity index (χ3v) is 4.30. The SMILES string of the molecule is Cc1ccc2c(c1)C(=O)CC(c1cc(C)c(C)cc1C)O2. The summed E-state index contributed by atoms with van der Waals surface area (Å²) in [5.74, 6) is 0.877. The molecule has 0 spiro atoms. The van der Waals surface area contributed by atoms with Gasteiger partial charge in [0.2, 0.25) is 0 Å². The molecule has 0 aliphatic carbocycles. The van der Waals surface area contributed by atoms with Gasteiger partial charge in [-0.2, -0.15) is 0 Å². The Morgan fingerprint density at radius 3 is 2.43 bits per heavy atom. The summed E-state index contributed by atoms with van der Waals surface area (Å²) in [5.41, 5.74) is 6.62. The van der Waals surface area contributed by atoms with Gasteiger partial charge in [-0.15, -0.1) is 0 Å². The number of carbonyl (C=O) groups is 1. The molecule has 3 rings (SSSR count). The Bertz CT molecular complexity index is 729. The van der Waals surface area contributed by atoms with Crippen molar-refractivity contribution in [3.05, 3.63) is 63.7 Å². The second-order valence-corrected chi connectivity index (χ2v) is 6.03. The van der Waals surface area contributed by atoms with E-state index in [4.69, 9.17) is 4.74 Å². The molecule has 1 aliphatic rings. The fraction of sp³-hybridized carbons (Fsp3) is 0.316. The minimum absolute atomic E-state index is 0.169. The van der Waals surface area contributed by atoms with E-state index >= 15 is 0 Å². The van der Waals surface area contributed by atoms with Gasteiger partial charge in [-0.25, -0.2) is 0 Å². The molecule has 0 saturated heterocycles. The molecule has 1 aliphatic heterocycles. The highest BCUT2D eigenvalue weighted by Gasteiger charge is 2.28. The fourth-order valence-electron chi connectivity index (χ4n) is 2.94. The Balaban J connectivity index is 2.02. The first kappa shape index (κ1) is 13.9. The lowest BCUT2D eigenvalue weighted by Gasteiger charge is -2.27. The molecule has 0 amide bonds. The molecule has 1 atom stereocenters. The van der Waals surface area contributed by atoms with Gasteiger partial charge in [0, 0.05) is 0 Å². The zero-order chi connectivity index (χ0) is 15.1. The fourth-order valence-corrected chi connectivity index (χ4v) is 2.94. The normalized spacial score (nSPS) is 17.3. The highest BCUT2D eigenvalue weighted by molar-refractivity contribution is 6.00. The molecule has 0 aromatic heterocycles. The number of carbonyl (C=O) groups excluding carboxylic acids is 1. The van der Waals surface area contributed by atoms with Crippen molar-refractivity contribution in [3.8, 4) is 5.75 Å². The predicted octanol–water partition coefficient (Wildman–Crippen LogP) is 4.63. The van der Waals surface area contributed by atoms with Crippen LogP contribution in [0.25, 0.3) is 0 Å². The first-order valence-corrected chi connectivity index (χ1v) is 7.34. The second-order valence-electron chi connectivity index (χ2n) is 6.03. The molecule has 2 aromatic carbocycles. The molecule has 1 heterocycles. The summed E-state index contributed by atoms with van der Waals surface area (Å²) in [6.07, 6.45) is 0.242. The first-order valence-electron chi connectivity index (χ1n) is 7.34. The molecule has 2 heteroatoms. The number of hydrogen-bond acceptors (Lipinski definition) is 2. The number of fused-ring (bicyclic) bond motifs is 1. The molecular weight excluding hydrogens is 260 g/mol. The molecule has 108 valence electrons.